The molecule has 1 saturated heterocycles. The van der Waals surface area contributed by atoms with Gasteiger partial charge in [-0.1, -0.05) is 38.5 Å². The van der Waals surface area contributed by atoms with Gasteiger partial charge >= 0.3 is 10.2 Å². The molecule has 1 heterocycles. The summed E-state index contributed by atoms with van der Waals surface area (Å²) in [5, 5.41) is 0. The van der Waals surface area contributed by atoms with E-state index >= 15 is 0 Å². The van der Waals surface area contributed by atoms with Crippen LogP contribution in [0.25, 0.3) is 0 Å². The first-order valence-electron chi connectivity index (χ1n) is 7.88. The Labute approximate surface area is 128 Å². The maximum atomic E-state index is 13.0. The van der Waals surface area contributed by atoms with Crippen LogP contribution in [0.1, 0.15) is 39.5 Å². The zero-order valence-corrected chi connectivity index (χ0v) is 13.8. The molecule has 5 heteroatoms. The van der Waals surface area contributed by atoms with Crippen molar-refractivity contribution in [3.05, 3.63) is 30.3 Å². The monoisotopic (exact) mass is 310 g/mol. The summed E-state index contributed by atoms with van der Waals surface area (Å²) in [5.41, 5.74) is 0.768. The van der Waals surface area contributed by atoms with Gasteiger partial charge < -0.3 is 0 Å². The van der Waals surface area contributed by atoms with Crippen molar-refractivity contribution >= 4 is 15.9 Å². The fourth-order valence-electron chi connectivity index (χ4n) is 2.77. The molecule has 1 aromatic carbocycles. The number of anilines is 1. The molecule has 1 aliphatic rings. The highest BCUT2D eigenvalue weighted by Crippen LogP contribution is 2.25. The van der Waals surface area contributed by atoms with Crippen molar-refractivity contribution in [1.29, 1.82) is 0 Å². The van der Waals surface area contributed by atoms with Gasteiger partial charge in [0.15, 0.2) is 0 Å². The van der Waals surface area contributed by atoms with Gasteiger partial charge in [0.1, 0.15) is 0 Å². The van der Waals surface area contributed by atoms with Crippen LogP contribution in [-0.2, 0) is 10.2 Å². The SMILES string of the molecule is CCCCN(c1ccccc1)S(=O)(=O)N1CCCC(C)C1. The molecule has 0 N–H and O–H groups in total. The third kappa shape index (κ3) is 3.98. The highest BCUT2D eigenvalue weighted by atomic mass is 32.2. The third-order valence-electron chi connectivity index (χ3n) is 3.98. The highest BCUT2D eigenvalue weighted by molar-refractivity contribution is 7.90. The lowest BCUT2D eigenvalue weighted by Gasteiger charge is -2.35. The van der Waals surface area contributed by atoms with Crippen LogP contribution in [0.3, 0.4) is 0 Å². The Morgan fingerprint density at radius 2 is 2.00 bits per heavy atom. The number of para-hydroxylation sites is 1. The number of piperidine rings is 1. The van der Waals surface area contributed by atoms with Crippen molar-refractivity contribution < 1.29 is 8.42 Å². The molecule has 1 atom stereocenters. The Kier molecular flexibility index (Phi) is 5.65. The van der Waals surface area contributed by atoms with Crippen LogP contribution >= 0.6 is 0 Å². The number of rotatable bonds is 6. The molecule has 0 aliphatic carbocycles. The van der Waals surface area contributed by atoms with Crippen LogP contribution in [-0.4, -0.2) is 32.4 Å². The normalized spacial score (nSPS) is 20.4. The van der Waals surface area contributed by atoms with Crippen LogP contribution in [0.15, 0.2) is 30.3 Å². The van der Waals surface area contributed by atoms with Crippen molar-refractivity contribution in [2.24, 2.45) is 5.92 Å². The number of hydrogen-bond donors (Lipinski definition) is 0. The molecule has 2 rings (SSSR count). The molecule has 1 unspecified atom stereocenters. The van der Waals surface area contributed by atoms with Gasteiger partial charge in [-0.05, 0) is 37.3 Å². The van der Waals surface area contributed by atoms with E-state index in [2.05, 4.69) is 13.8 Å². The Hall–Kier alpha value is -1.07. The van der Waals surface area contributed by atoms with E-state index in [4.69, 9.17) is 0 Å². The zero-order valence-electron chi connectivity index (χ0n) is 13.0. The predicted molar refractivity (Wildman–Crippen MR) is 87.6 cm³/mol. The largest absolute Gasteiger partial charge is 0.304 e. The van der Waals surface area contributed by atoms with Gasteiger partial charge in [0, 0.05) is 19.6 Å². The lowest BCUT2D eigenvalue weighted by Crippen LogP contribution is -2.48. The van der Waals surface area contributed by atoms with Gasteiger partial charge in [-0.2, -0.15) is 12.7 Å². The van der Waals surface area contributed by atoms with E-state index in [0.29, 0.717) is 25.6 Å². The lowest BCUT2D eigenvalue weighted by atomic mass is 10.0. The van der Waals surface area contributed by atoms with E-state index in [1.165, 1.54) is 0 Å². The average Bonchev–Trinajstić information content (AvgIpc) is 2.48. The fourth-order valence-corrected chi connectivity index (χ4v) is 4.60. The summed E-state index contributed by atoms with van der Waals surface area (Å²) in [6.07, 6.45) is 3.93. The maximum absolute atomic E-state index is 13.0. The second-order valence-electron chi connectivity index (χ2n) is 5.87. The second kappa shape index (κ2) is 7.27. The highest BCUT2D eigenvalue weighted by Gasteiger charge is 2.32. The van der Waals surface area contributed by atoms with Gasteiger partial charge in [0.2, 0.25) is 0 Å². The summed E-state index contributed by atoms with van der Waals surface area (Å²) in [7, 11) is -3.42. The van der Waals surface area contributed by atoms with Crippen LogP contribution < -0.4 is 4.31 Å². The van der Waals surface area contributed by atoms with E-state index in [1.54, 1.807) is 8.61 Å². The van der Waals surface area contributed by atoms with Gasteiger partial charge in [-0.25, -0.2) is 0 Å². The number of nitrogens with zero attached hydrogens (tertiary/aromatic N) is 2. The molecule has 1 aromatic rings. The molecule has 118 valence electrons. The van der Waals surface area contributed by atoms with E-state index in [1.807, 2.05) is 30.3 Å². The lowest BCUT2D eigenvalue weighted by molar-refractivity contribution is 0.280. The molecule has 0 amide bonds. The Balaban J connectivity index is 2.26. The number of benzene rings is 1. The van der Waals surface area contributed by atoms with Crippen molar-refractivity contribution in [1.82, 2.24) is 4.31 Å². The zero-order chi connectivity index (χ0) is 15.3. The fraction of sp³-hybridized carbons (Fsp3) is 0.625. The van der Waals surface area contributed by atoms with Gasteiger partial charge in [-0.15, -0.1) is 0 Å². The smallest absolute Gasteiger partial charge is 0.258 e. The molecular weight excluding hydrogens is 284 g/mol. The van der Waals surface area contributed by atoms with Gasteiger partial charge in [0.05, 0.1) is 5.69 Å². The van der Waals surface area contributed by atoms with Crippen molar-refractivity contribution in [3.63, 3.8) is 0 Å². The summed E-state index contributed by atoms with van der Waals surface area (Å²) in [6, 6.07) is 9.45. The molecule has 0 spiro atoms. The molecular formula is C16H26N2O2S. The summed E-state index contributed by atoms with van der Waals surface area (Å²) < 4.78 is 29.2. The van der Waals surface area contributed by atoms with Gasteiger partial charge in [0.25, 0.3) is 0 Å². The standard InChI is InChI=1S/C16H26N2O2S/c1-3-4-13-18(16-10-6-5-7-11-16)21(19,20)17-12-8-9-15(2)14-17/h5-7,10-11,15H,3-4,8-9,12-14H2,1-2H3. The Morgan fingerprint density at radius 3 is 2.62 bits per heavy atom. The molecule has 1 fully saturated rings. The van der Waals surface area contributed by atoms with E-state index in [-0.39, 0.29) is 0 Å². The minimum Gasteiger partial charge on any atom is -0.258 e. The van der Waals surface area contributed by atoms with Crippen LogP contribution in [0.4, 0.5) is 5.69 Å². The summed E-state index contributed by atoms with van der Waals surface area (Å²) in [5.74, 6) is 0.442. The minimum atomic E-state index is -3.42. The Morgan fingerprint density at radius 1 is 1.29 bits per heavy atom. The van der Waals surface area contributed by atoms with E-state index < -0.39 is 10.2 Å². The average molecular weight is 310 g/mol. The number of hydrogen-bond acceptors (Lipinski definition) is 2. The van der Waals surface area contributed by atoms with Crippen LogP contribution in [0, 0.1) is 5.92 Å². The maximum Gasteiger partial charge on any atom is 0.304 e. The molecule has 0 radical (unpaired) electrons. The molecule has 1 aliphatic heterocycles. The summed E-state index contributed by atoms with van der Waals surface area (Å²) in [6.45, 7) is 6.03. The van der Waals surface area contributed by atoms with E-state index in [0.717, 1.165) is 31.4 Å². The molecule has 21 heavy (non-hydrogen) atoms. The number of unbranched alkanes of at least 4 members (excludes halogenated alkanes) is 1. The summed E-state index contributed by atoms with van der Waals surface area (Å²) in [4.78, 5) is 0. The minimum absolute atomic E-state index is 0.442. The van der Waals surface area contributed by atoms with E-state index in [9.17, 15) is 8.42 Å². The van der Waals surface area contributed by atoms with Crippen LogP contribution in [0.5, 0.6) is 0 Å². The first kappa shape index (κ1) is 16.3. The molecule has 0 saturated carbocycles. The predicted octanol–water partition coefficient (Wildman–Crippen LogP) is 3.27. The summed E-state index contributed by atoms with van der Waals surface area (Å²) >= 11 is 0. The van der Waals surface area contributed by atoms with Crippen molar-refractivity contribution in [3.8, 4) is 0 Å². The molecule has 4 nitrogen and oxygen atoms in total. The topological polar surface area (TPSA) is 40.6 Å². The second-order valence-corrected chi connectivity index (χ2v) is 7.73. The third-order valence-corrected chi connectivity index (χ3v) is 5.92. The first-order chi connectivity index (χ1) is 10.1. The van der Waals surface area contributed by atoms with Crippen LogP contribution in [0.2, 0.25) is 0 Å². The Bertz CT molecular complexity index is 530. The quantitative estimate of drug-likeness (QED) is 0.809. The van der Waals surface area contributed by atoms with Gasteiger partial charge in [-0.3, -0.25) is 4.31 Å². The first-order valence-corrected chi connectivity index (χ1v) is 9.28. The molecule has 0 bridgehead atoms. The van der Waals surface area contributed by atoms with Crippen molar-refractivity contribution in [2.45, 2.75) is 39.5 Å². The van der Waals surface area contributed by atoms with Crippen molar-refractivity contribution in [2.75, 3.05) is 23.9 Å². The molecule has 0 aromatic heterocycles.